The molecule has 0 saturated carbocycles. The second-order valence-corrected chi connectivity index (χ2v) is 6.78. The van der Waals surface area contributed by atoms with Gasteiger partial charge < -0.3 is 5.32 Å². The number of hydrogen-bond donors (Lipinski definition) is 1. The number of benzene rings is 1. The molecule has 1 atom stereocenters. The van der Waals surface area contributed by atoms with Crippen LogP contribution in [-0.4, -0.2) is 7.05 Å². The van der Waals surface area contributed by atoms with E-state index in [1.165, 1.54) is 30.9 Å². The Bertz CT molecular complexity index is 540. The van der Waals surface area contributed by atoms with Crippen molar-refractivity contribution in [2.45, 2.75) is 26.8 Å². The Hall–Kier alpha value is -0.640. The highest BCUT2D eigenvalue weighted by Crippen LogP contribution is 2.34. The molecule has 2 rings (SSSR count). The molecule has 0 aliphatic carbocycles. The minimum atomic E-state index is 0.278. The summed E-state index contributed by atoms with van der Waals surface area (Å²) in [6, 6.07) is 9.16. The van der Waals surface area contributed by atoms with E-state index in [9.17, 15) is 0 Å². The monoisotopic (exact) mass is 323 g/mol. The molecule has 1 N–H and O–H groups in total. The first-order valence-electron chi connectivity index (χ1n) is 6.03. The third-order valence-corrected chi connectivity index (χ3v) is 5.39. The van der Waals surface area contributed by atoms with Gasteiger partial charge >= 0.3 is 0 Å². The summed E-state index contributed by atoms with van der Waals surface area (Å²) in [5.41, 5.74) is 4.02. The van der Waals surface area contributed by atoms with Crippen LogP contribution in [0.3, 0.4) is 0 Å². The van der Waals surface area contributed by atoms with Crippen molar-refractivity contribution in [2.24, 2.45) is 0 Å². The lowest BCUT2D eigenvalue weighted by Crippen LogP contribution is -2.17. The lowest BCUT2D eigenvalue weighted by molar-refractivity contribution is 0.699. The zero-order valence-corrected chi connectivity index (χ0v) is 13.6. The molecule has 0 aliphatic rings. The van der Waals surface area contributed by atoms with Gasteiger partial charge in [-0.05, 0) is 60.9 Å². The molecule has 0 spiro atoms. The molecule has 0 fully saturated rings. The zero-order chi connectivity index (χ0) is 13.3. The van der Waals surface area contributed by atoms with Gasteiger partial charge in [0.25, 0.3) is 0 Å². The highest BCUT2D eigenvalue weighted by atomic mass is 79.9. The smallest absolute Gasteiger partial charge is 0.0671 e. The highest BCUT2D eigenvalue weighted by molar-refractivity contribution is 9.10. The van der Waals surface area contributed by atoms with Gasteiger partial charge in [-0.25, -0.2) is 0 Å². The second kappa shape index (κ2) is 5.55. The predicted molar refractivity (Wildman–Crippen MR) is 83.6 cm³/mol. The van der Waals surface area contributed by atoms with Gasteiger partial charge in [-0.2, -0.15) is 0 Å². The summed E-state index contributed by atoms with van der Waals surface area (Å²) >= 11 is 5.44. The molecule has 0 saturated heterocycles. The molecule has 1 aromatic heterocycles. The van der Waals surface area contributed by atoms with E-state index in [4.69, 9.17) is 0 Å². The van der Waals surface area contributed by atoms with E-state index in [-0.39, 0.29) is 6.04 Å². The molecule has 0 bridgehead atoms. The highest BCUT2D eigenvalue weighted by Gasteiger charge is 2.17. The fourth-order valence-electron chi connectivity index (χ4n) is 2.22. The van der Waals surface area contributed by atoms with Crippen LogP contribution in [0.25, 0.3) is 0 Å². The number of hydrogen-bond acceptors (Lipinski definition) is 2. The average molecular weight is 324 g/mol. The van der Waals surface area contributed by atoms with Gasteiger partial charge in [0.2, 0.25) is 0 Å². The fraction of sp³-hybridized carbons (Fsp3) is 0.333. The van der Waals surface area contributed by atoms with Gasteiger partial charge in [0, 0.05) is 14.2 Å². The summed E-state index contributed by atoms with van der Waals surface area (Å²) in [5, 5.41) is 3.43. The Morgan fingerprint density at radius 1 is 1.17 bits per heavy atom. The summed E-state index contributed by atoms with van der Waals surface area (Å²) in [6.45, 7) is 6.46. The topological polar surface area (TPSA) is 12.0 Å². The molecule has 3 heteroatoms. The molecule has 2 aromatic rings. The van der Waals surface area contributed by atoms with E-state index >= 15 is 0 Å². The molecular formula is C15H18BrNS. The maximum atomic E-state index is 3.60. The van der Waals surface area contributed by atoms with E-state index in [1.54, 1.807) is 0 Å². The molecule has 0 radical (unpaired) electrons. The summed E-state index contributed by atoms with van der Waals surface area (Å²) in [5.74, 6) is 0. The lowest BCUT2D eigenvalue weighted by Gasteiger charge is -2.18. The lowest BCUT2D eigenvalue weighted by atomic mass is 9.98. The molecule has 0 aliphatic heterocycles. The van der Waals surface area contributed by atoms with Crippen LogP contribution in [0.5, 0.6) is 0 Å². The van der Waals surface area contributed by atoms with Crippen molar-refractivity contribution in [3.63, 3.8) is 0 Å². The molecule has 1 heterocycles. The van der Waals surface area contributed by atoms with Crippen molar-refractivity contribution in [1.82, 2.24) is 5.32 Å². The molecule has 1 nitrogen and oxygen atoms in total. The first-order chi connectivity index (χ1) is 8.52. The van der Waals surface area contributed by atoms with Gasteiger partial charge in [-0.3, -0.25) is 0 Å². The predicted octanol–water partition coefficient (Wildman–Crippen LogP) is 4.74. The van der Waals surface area contributed by atoms with E-state index in [2.05, 4.69) is 66.3 Å². The zero-order valence-electron chi connectivity index (χ0n) is 11.2. The van der Waals surface area contributed by atoms with Gasteiger partial charge in [0.1, 0.15) is 0 Å². The van der Waals surface area contributed by atoms with Crippen LogP contribution >= 0.6 is 27.3 Å². The van der Waals surface area contributed by atoms with Crippen LogP contribution in [0.1, 0.15) is 32.5 Å². The standard InChI is InChI=1S/C15H18BrNS/c1-9-5-6-12(10(2)7-9)15(17-4)14-8-13(16)11(3)18-14/h5-8,15,17H,1-4H3. The average Bonchev–Trinajstić information content (AvgIpc) is 2.63. The Kier molecular flexibility index (Phi) is 4.25. The minimum absolute atomic E-state index is 0.278. The number of nitrogens with one attached hydrogen (secondary N) is 1. The minimum Gasteiger partial charge on any atom is -0.309 e. The van der Waals surface area contributed by atoms with Crippen LogP contribution in [-0.2, 0) is 0 Å². The van der Waals surface area contributed by atoms with Gasteiger partial charge in [0.15, 0.2) is 0 Å². The molecule has 96 valence electrons. The van der Waals surface area contributed by atoms with E-state index < -0.39 is 0 Å². The van der Waals surface area contributed by atoms with Crippen molar-refractivity contribution in [1.29, 1.82) is 0 Å². The number of halogens is 1. The fourth-order valence-corrected chi connectivity index (χ4v) is 3.91. The first kappa shape index (κ1) is 13.8. The number of aryl methyl sites for hydroxylation is 3. The molecular weight excluding hydrogens is 306 g/mol. The Balaban J connectivity index is 2.45. The van der Waals surface area contributed by atoms with Crippen molar-refractivity contribution in [3.8, 4) is 0 Å². The quantitative estimate of drug-likeness (QED) is 0.859. The van der Waals surface area contributed by atoms with E-state index in [1.807, 2.05) is 18.4 Å². The Labute approximate surface area is 121 Å². The Morgan fingerprint density at radius 3 is 2.39 bits per heavy atom. The number of rotatable bonds is 3. The summed E-state index contributed by atoms with van der Waals surface area (Å²) in [6.07, 6.45) is 0. The maximum absolute atomic E-state index is 3.60. The van der Waals surface area contributed by atoms with E-state index in [0.717, 1.165) is 0 Å². The number of thiophene rings is 1. The van der Waals surface area contributed by atoms with Gasteiger partial charge in [-0.15, -0.1) is 11.3 Å². The normalized spacial score (nSPS) is 12.7. The summed E-state index contributed by atoms with van der Waals surface area (Å²) < 4.78 is 1.20. The largest absolute Gasteiger partial charge is 0.309 e. The maximum Gasteiger partial charge on any atom is 0.0671 e. The van der Waals surface area contributed by atoms with Crippen molar-refractivity contribution in [3.05, 3.63) is 55.2 Å². The van der Waals surface area contributed by atoms with Crippen LogP contribution in [0, 0.1) is 20.8 Å². The SMILES string of the molecule is CNC(c1cc(Br)c(C)s1)c1ccc(C)cc1C. The van der Waals surface area contributed by atoms with Crippen LogP contribution in [0.2, 0.25) is 0 Å². The molecule has 18 heavy (non-hydrogen) atoms. The Morgan fingerprint density at radius 2 is 1.89 bits per heavy atom. The first-order valence-corrected chi connectivity index (χ1v) is 7.64. The second-order valence-electron chi connectivity index (χ2n) is 4.63. The van der Waals surface area contributed by atoms with E-state index in [0.29, 0.717) is 0 Å². The van der Waals surface area contributed by atoms with Crippen molar-refractivity contribution in [2.75, 3.05) is 7.05 Å². The molecule has 1 aromatic carbocycles. The van der Waals surface area contributed by atoms with Gasteiger partial charge in [-0.1, -0.05) is 23.8 Å². The van der Waals surface area contributed by atoms with Crippen LogP contribution in [0.15, 0.2) is 28.7 Å². The molecule has 0 amide bonds. The summed E-state index contributed by atoms with van der Waals surface area (Å²) in [7, 11) is 2.02. The third-order valence-electron chi connectivity index (χ3n) is 3.19. The van der Waals surface area contributed by atoms with Crippen LogP contribution in [0.4, 0.5) is 0 Å². The van der Waals surface area contributed by atoms with Crippen molar-refractivity contribution >= 4 is 27.3 Å². The van der Waals surface area contributed by atoms with Crippen molar-refractivity contribution < 1.29 is 0 Å². The molecule has 1 unspecified atom stereocenters. The summed E-state index contributed by atoms with van der Waals surface area (Å²) in [4.78, 5) is 2.68. The van der Waals surface area contributed by atoms with Gasteiger partial charge in [0.05, 0.1) is 6.04 Å². The van der Waals surface area contributed by atoms with Crippen LogP contribution < -0.4 is 5.32 Å². The third kappa shape index (κ3) is 2.68.